The standard InChI is InChI=1S/C17H21NO3/c1-11-9-10-12-5-2-3-8-15(12)18(11)16(19)13-6-4-7-14(13)17(20)21/h2-3,5,8,11,13-14H,4,6-7,9-10H2,1H3,(H,20,21). The summed E-state index contributed by atoms with van der Waals surface area (Å²) >= 11 is 0. The van der Waals surface area contributed by atoms with Crippen LogP contribution in [0.4, 0.5) is 5.69 Å². The topological polar surface area (TPSA) is 57.6 Å². The molecule has 112 valence electrons. The molecule has 0 bridgehead atoms. The van der Waals surface area contributed by atoms with E-state index in [4.69, 9.17) is 0 Å². The van der Waals surface area contributed by atoms with Crippen LogP contribution in [0.3, 0.4) is 0 Å². The van der Waals surface area contributed by atoms with E-state index in [0.29, 0.717) is 12.8 Å². The Kier molecular flexibility index (Phi) is 3.70. The summed E-state index contributed by atoms with van der Waals surface area (Å²) in [6.45, 7) is 2.05. The molecule has 0 aromatic heterocycles. The lowest BCUT2D eigenvalue weighted by Gasteiger charge is -2.37. The first-order valence-electron chi connectivity index (χ1n) is 7.73. The summed E-state index contributed by atoms with van der Waals surface area (Å²) in [4.78, 5) is 26.2. The van der Waals surface area contributed by atoms with Gasteiger partial charge in [0.1, 0.15) is 0 Å². The third kappa shape index (κ3) is 2.43. The van der Waals surface area contributed by atoms with E-state index in [9.17, 15) is 14.7 Å². The second kappa shape index (κ2) is 5.51. The van der Waals surface area contributed by atoms with Crippen molar-refractivity contribution in [3.8, 4) is 0 Å². The van der Waals surface area contributed by atoms with Gasteiger partial charge < -0.3 is 10.0 Å². The molecule has 1 fully saturated rings. The van der Waals surface area contributed by atoms with Gasteiger partial charge in [-0.05, 0) is 44.2 Å². The molecule has 3 atom stereocenters. The molecule has 1 aliphatic heterocycles. The van der Waals surface area contributed by atoms with Crippen molar-refractivity contribution in [1.29, 1.82) is 0 Å². The van der Waals surface area contributed by atoms with Crippen LogP contribution in [-0.2, 0) is 16.0 Å². The maximum Gasteiger partial charge on any atom is 0.307 e. The number of amides is 1. The van der Waals surface area contributed by atoms with Gasteiger partial charge in [-0.1, -0.05) is 24.6 Å². The highest BCUT2D eigenvalue weighted by molar-refractivity contribution is 5.99. The molecule has 1 amide bonds. The quantitative estimate of drug-likeness (QED) is 0.910. The minimum absolute atomic E-state index is 0.000417. The fraction of sp³-hybridized carbons (Fsp3) is 0.529. The largest absolute Gasteiger partial charge is 0.481 e. The predicted molar refractivity (Wildman–Crippen MR) is 80.2 cm³/mol. The van der Waals surface area contributed by atoms with Gasteiger partial charge in [0, 0.05) is 11.7 Å². The van der Waals surface area contributed by atoms with Crippen LogP contribution in [0.5, 0.6) is 0 Å². The number of hydrogen-bond acceptors (Lipinski definition) is 2. The van der Waals surface area contributed by atoms with Crippen LogP contribution >= 0.6 is 0 Å². The zero-order chi connectivity index (χ0) is 15.0. The molecule has 1 N–H and O–H groups in total. The summed E-state index contributed by atoms with van der Waals surface area (Å²) in [5.74, 6) is -1.71. The van der Waals surface area contributed by atoms with Crippen LogP contribution in [0.25, 0.3) is 0 Å². The normalized spacial score (nSPS) is 28.2. The number of carboxylic acid groups (broad SMARTS) is 1. The summed E-state index contributed by atoms with van der Waals surface area (Å²) in [5.41, 5.74) is 2.16. The summed E-state index contributed by atoms with van der Waals surface area (Å²) in [6, 6.07) is 8.12. The van der Waals surface area contributed by atoms with E-state index in [1.54, 1.807) is 0 Å². The van der Waals surface area contributed by atoms with Crippen molar-refractivity contribution in [2.45, 2.75) is 45.1 Å². The molecule has 1 aromatic carbocycles. The van der Waals surface area contributed by atoms with E-state index in [2.05, 4.69) is 13.0 Å². The molecule has 4 nitrogen and oxygen atoms in total. The Balaban J connectivity index is 1.92. The van der Waals surface area contributed by atoms with Crippen LogP contribution in [-0.4, -0.2) is 23.0 Å². The molecule has 1 aliphatic carbocycles. The number of carboxylic acids is 1. The molecule has 21 heavy (non-hydrogen) atoms. The fourth-order valence-electron chi connectivity index (χ4n) is 3.75. The SMILES string of the molecule is CC1CCc2ccccc2N1C(=O)C1CCCC1C(=O)O. The minimum atomic E-state index is -0.830. The number of carbonyl (C=O) groups is 2. The lowest BCUT2D eigenvalue weighted by Crippen LogP contribution is -2.46. The fourth-order valence-corrected chi connectivity index (χ4v) is 3.75. The van der Waals surface area contributed by atoms with Crippen LogP contribution in [0.15, 0.2) is 24.3 Å². The molecule has 1 heterocycles. The van der Waals surface area contributed by atoms with Gasteiger partial charge in [-0.2, -0.15) is 0 Å². The van der Waals surface area contributed by atoms with Crippen LogP contribution in [0.2, 0.25) is 0 Å². The summed E-state index contributed by atoms with van der Waals surface area (Å²) < 4.78 is 0. The van der Waals surface area contributed by atoms with Crippen molar-refractivity contribution in [2.75, 3.05) is 4.90 Å². The average Bonchev–Trinajstić information content (AvgIpc) is 2.96. The maximum atomic E-state index is 13.0. The number of aryl methyl sites for hydroxylation is 1. The van der Waals surface area contributed by atoms with Crippen LogP contribution in [0, 0.1) is 11.8 Å². The Bertz CT molecular complexity index is 569. The minimum Gasteiger partial charge on any atom is -0.481 e. The van der Waals surface area contributed by atoms with Crippen LogP contribution < -0.4 is 4.90 Å². The first-order chi connectivity index (χ1) is 10.1. The van der Waals surface area contributed by atoms with Crippen molar-refractivity contribution >= 4 is 17.6 Å². The van der Waals surface area contributed by atoms with Gasteiger partial charge in [0.2, 0.25) is 5.91 Å². The molecule has 1 aromatic rings. The highest BCUT2D eigenvalue weighted by Crippen LogP contribution is 2.38. The third-order valence-electron chi connectivity index (χ3n) is 4.91. The summed E-state index contributed by atoms with van der Waals surface area (Å²) in [5, 5.41) is 9.32. The van der Waals surface area contributed by atoms with Crippen LogP contribution in [0.1, 0.15) is 38.2 Å². The number of benzene rings is 1. The molecular formula is C17H21NO3. The number of para-hydroxylation sites is 1. The Hall–Kier alpha value is -1.84. The highest BCUT2D eigenvalue weighted by Gasteiger charge is 2.42. The number of hydrogen-bond donors (Lipinski definition) is 1. The van der Waals surface area contributed by atoms with Gasteiger partial charge in [0.25, 0.3) is 0 Å². The molecule has 3 unspecified atom stereocenters. The lowest BCUT2D eigenvalue weighted by molar-refractivity contribution is -0.145. The molecular weight excluding hydrogens is 266 g/mol. The van der Waals surface area contributed by atoms with Crippen molar-refractivity contribution in [3.05, 3.63) is 29.8 Å². The van der Waals surface area contributed by atoms with E-state index in [-0.39, 0.29) is 17.9 Å². The van der Waals surface area contributed by atoms with Crippen molar-refractivity contribution in [1.82, 2.24) is 0 Å². The number of anilines is 1. The highest BCUT2D eigenvalue weighted by atomic mass is 16.4. The number of nitrogens with zero attached hydrogens (tertiary/aromatic N) is 1. The molecule has 0 radical (unpaired) electrons. The smallest absolute Gasteiger partial charge is 0.307 e. The van der Waals surface area contributed by atoms with Gasteiger partial charge in [0.15, 0.2) is 0 Å². The van der Waals surface area contributed by atoms with E-state index in [1.807, 2.05) is 23.1 Å². The molecule has 0 saturated heterocycles. The monoisotopic (exact) mass is 287 g/mol. The maximum absolute atomic E-state index is 13.0. The Morgan fingerprint density at radius 3 is 2.62 bits per heavy atom. The van der Waals surface area contributed by atoms with Crippen molar-refractivity contribution in [3.63, 3.8) is 0 Å². The van der Waals surface area contributed by atoms with Gasteiger partial charge in [-0.15, -0.1) is 0 Å². The van der Waals surface area contributed by atoms with E-state index in [1.165, 1.54) is 5.56 Å². The van der Waals surface area contributed by atoms with E-state index >= 15 is 0 Å². The second-order valence-corrected chi connectivity index (χ2v) is 6.21. The van der Waals surface area contributed by atoms with E-state index < -0.39 is 11.9 Å². The van der Waals surface area contributed by atoms with Gasteiger partial charge in [-0.3, -0.25) is 9.59 Å². The number of rotatable bonds is 2. The Labute approximate surface area is 124 Å². The Morgan fingerprint density at radius 2 is 1.86 bits per heavy atom. The zero-order valence-electron chi connectivity index (χ0n) is 12.3. The van der Waals surface area contributed by atoms with Gasteiger partial charge >= 0.3 is 5.97 Å². The molecule has 4 heteroatoms. The van der Waals surface area contributed by atoms with Gasteiger partial charge in [0.05, 0.1) is 11.8 Å². The molecule has 2 aliphatic rings. The summed E-state index contributed by atoms with van der Waals surface area (Å²) in [7, 11) is 0. The van der Waals surface area contributed by atoms with Gasteiger partial charge in [-0.25, -0.2) is 0 Å². The predicted octanol–water partition coefficient (Wildman–Crippen LogP) is 2.86. The third-order valence-corrected chi connectivity index (χ3v) is 4.91. The first kappa shape index (κ1) is 14.1. The van der Waals surface area contributed by atoms with E-state index in [0.717, 1.165) is 24.9 Å². The Morgan fingerprint density at radius 1 is 1.14 bits per heavy atom. The molecule has 3 rings (SSSR count). The second-order valence-electron chi connectivity index (χ2n) is 6.21. The lowest BCUT2D eigenvalue weighted by atomic mass is 9.90. The molecule has 1 saturated carbocycles. The van der Waals surface area contributed by atoms with Crippen molar-refractivity contribution in [2.24, 2.45) is 11.8 Å². The van der Waals surface area contributed by atoms with Crippen molar-refractivity contribution < 1.29 is 14.7 Å². The first-order valence-corrected chi connectivity index (χ1v) is 7.73. The number of aliphatic carboxylic acids is 1. The average molecular weight is 287 g/mol. The zero-order valence-corrected chi connectivity index (χ0v) is 12.3. The number of carbonyl (C=O) groups excluding carboxylic acids is 1. The summed E-state index contributed by atoms with van der Waals surface area (Å²) in [6.07, 6.45) is 4.06. The molecule has 0 spiro atoms. The number of fused-ring (bicyclic) bond motifs is 1.